The summed E-state index contributed by atoms with van der Waals surface area (Å²) in [6, 6.07) is 6.45. The molecule has 2 heterocycles. The number of carbonyl (C=O) groups is 1. The summed E-state index contributed by atoms with van der Waals surface area (Å²) in [5.74, 6) is 1.07. The van der Waals surface area contributed by atoms with E-state index in [1.165, 1.54) is 35.2 Å². The van der Waals surface area contributed by atoms with Gasteiger partial charge in [0.15, 0.2) is 28.7 Å². The number of fused-ring (bicyclic) bond motifs is 1. The van der Waals surface area contributed by atoms with Gasteiger partial charge in [0.25, 0.3) is 5.91 Å². The summed E-state index contributed by atoms with van der Waals surface area (Å²) in [5.41, 5.74) is -0.791. The highest BCUT2D eigenvalue weighted by molar-refractivity contribution is 7.43. The third kappa shape index (κ3) is 4.89. The first-order chi connectivity index (χ1) is 15.0. The molecule has 13 heteroatoms. The Morgan fingerprint density at radius 1 is 1.12 bits per heavy atom. The van der Waals surface area contributed by atoms with E-state index in [0.717, 1.165) is 4.90 Å². The van der Waals surface area contributed by atoms with E-state index in [-0.39, 0.29) is 17.4 Å². The monoisotopic (exact) mass is 467 g/mol. The van der Waals surface area contributed by atoms with Gasteiger partial charge in [-0.2, -0.15) is 0 Å². The predicted octanol–water partition coefficient (Wildman–Crippen LogP) is 1.16. The molecule has 0 spiro atoms. The first-order valence-electron chi connectivity index (χ1n) is 9.24. The lowest BCUT2D eigenvalue weighted by atomic mass is 10.1. The molecule has 1 aliphatic heterocycles. The highest BCUT2D eigenvalue weighted by Gasteiger charge is 2.42. The molecule has 1 aliphatic rings. The van der Waals surface area contributed by atoms with E-state index in [0.29, 0.717) is 22.9 Å². The van der Waals surface area contributed by atoms with Crippen molar-refractivity contribution in [3.8, 4) is 23.0 Å². The summed E-state index contributed by atoms with van der Waals surface area (Å²) in [4.78, 5) is 39.9. The van der Waals surface area contributed by atoms with Crippen LogP contribution in [0, 0.1) is 0 Å². The van der Waals surface area contributed by atoms with Gasteiger partial charge >= 0.3 is 0 Å². The van der Waals surface area contributed by atoms with Gasteiger partial charge in [0.1, 0.15) is 12.5 Å². The van der Waals surface area contributed by atoms with Crippen molar-refractivity contribution >= 4 is 31.1 Å². The summed E-state index contributed by atoms with van der Waals surface area (Å²) in [5, 5.41) is 3.04. The molecule has 0 saturated carbocycles. The molecule has 0 fully saturated rings. The van der Waals surface area contributed by atoms with Crippen molar-refractivity contribution in [2.45, 2.75) is 19.4 Å². The number of hydrogen-bond acceptors (Lipinski definition) is 11. The van der Waals surface area contributed by atoms with Crippen molar-refractivity contribution in [3.63, 3.8) is 0 Å². The first-order valence-corrected chi connectivity index (χ1v) is 10.7. The van der Waals surface area contributed by atoms with Gasteiger partial charge in [0.2, 0.25) is 5.75 Å². The molecule has 0 saturated heterocycles. The average Bonchev–Trinajstić information content (AvgIpc) is 2.72. The molecular weight excluding hydrogens is 445 g/mol. The van der Waals surface area contributed by atoms with Crippen LogP contribution in [0.5, 0.6) is 23.0 Å². The molecule has 2 aromatic rings. The molecule has 174 valence electrons. The number of hydrogen-bond donors (Lipinski definition) is 1. The predicted molar refractivity (Wildman–Crippen MR) is 109 cm³/mol. The average molecular weight is 467 g/mol. The maximum atomic E-state index is 12.8. The third-order valence-electron chi connectivity index (χ3n) is 4.50. The second-order valence-corrected chi connectivity index (χ2v) is 8.26. The highest BCUT2D eigenvalue weighted by Crippen LogP contribution is 2.42. The lowest BCUT2D eigenvalue weighted by Gasteiger charge is -2.39. The molecule has 12 nitrogen and oxygen atoms in total. The Hall–Kier alpha value is -3.05. The molecule has 0 unspecified atom stereocenters. The fourth-order valence-corrected chi connectivity index (χ4v) is 3.32. The zero-order chi connectivity index (χ0) is 23.7. The van der Waals surface area contributed by atoms with E-state index in [1.807, 2.05) is 0 Å². The highest BCUT2D eigenvalue weighted by atomic mass is 31.2. The number of pyridine rings is 1. The Labute approximate surface area is 184 Å². The number of nitrogens with zero attached hydrogens (tertiary/aromatic N) is 2. The second kappa shape index (κ2) is 8.83. The number of benzene rings is 1. The molecule has 0 radical (unpaired) electrons. The van der Waals surface area contributed by atoms with Crippen LogP contribution in [0.25, 0.3) is 0 Å². The SMILES string of the molecule is COc1cc(Nc2ccc3c(n2)N(COP(=O)([O-])[O-])C(=O)C(C)(C)O3)cc(OC)c1OC. The summed E-state index contributed by atoms with van der Waals surface area (Å²) >= 11 is 0. The standard InChI is InChI=1S/C19H24N3O9P/c1-19(2)18(23)22(10-30-32(24,25)26)17-12(31-19)6-7-15(21-17)20-11-8-13(27-3)16(29-5)14(9-11)28-4/h6-9H,10H2,1-5H3,(H,20,21)(H2,24,25,26)/p-2. The second-order valence-electron chi connectivity index (χ2n) is 7.11. The Bertz CT molecular complexity index is 1040. The van der Waals surface area contributed by atoms with Gasteiger partial charge in [0.05, 0.1) is 29.2 Å². The van der Waals surface area contributed by atoms with E-state index in [2.05, 4.69) is 14.8 Å². The van der Waals surface area contributed by atoms with Gasteiger partial charge in [-0.1, -0.05) is 0 Å². The molecule has 0 atom stereocenters. The number of carbonyl (C=O) groups excluding carboxylic acids is 1. The van der Waals surface area contributed by atoms with E-state index in [4.69, 9.17) is 18.9 Å². The Balaban J connectivity index is 1.98. The van der Waals surface area contributed by atoms with E-state index >= 15 is 0 Å². The van der Waals surface area contributed by atoms with Gasteiger partial charge < -0.3 is 43.1 Å². The van der Waals surface area contributed by atoms with E-state index in [9.17, 15) is 19.1 Å². The number of ether oxygens (including phenoxy) is 4. The van der Waals surface area contributed by atoms with Crippen LogP contribution in [0.4, 0.5) is 17.3 Å². The van der Waals surface area contributed by atoms with E-state index in [1.54, 1.807) is 24.3 Å². The third-order valence-corrected chi connectivity index (χ3v) is 4.93. The summed E-state index contributed by atoms with van der Waals surface area (Å²) in [6.07, 6.45) is 0. The van der Waals surface area contributed by atoms with Crippen LogP contribution in [-0.2, 0) is 13.9 Å². The molecular formula is C19H22N3O9P-2. The number of phosphoric ester groups is 1. The van der Waals surface area contributed by atoms with Crippen molar-refractivity contribution in [1.82, 2.24) is 4.98 Å². The zero-order valence-corrected chi connectivity index (χ0v) is 18.9. The summed E-state index contributed by atoms with van der Waals surface area (Å²) in [6.45, 7) is 2.17. The number of rotatable bonds is 8. The van der Waals surface area contributed by atoms with Crippen molar-refractivity contribution in [2.24, 2.45) is 0 Å². The van der Waals surface area contributed by atoms with Gasteiger partial charge in [-0.05, 0) is 26.0 Å². The number of anilines is 3. The van der Waals surface area contributed by atoms with Gasteiger partial charge in [-0.3, -0.25) is 9.69 Å². The normalized spacial score (nSPS) is 15.0. The molecule has 1 aromatic heterocycles. The smallest absolute Gasteiger partial charge is 0.273 e. The lowest BCUT2D eigenvalue weighted by Crippen LogP contribution is -2.53. The number of phosphoric acid groups is 1. The van der Waals surface area contributed by atoms with E-state index < -0.39 is 26.1 Å². The van der Waals surface area contributed by atoms with Crippen LogP contribution >= 0.6 is 7.82 Å². The Morgan fingerprint density at radius 2 is 1.75 bits per heavy atom. The van der Waals surface area contributed by atoms with Crippen LogP contribution in [-0.4, -0.2) is 44.6 Å². The molecule has 32 heavy (non-hydrogen) atoms. The lowest BCUT2D eigenvalue weighted by molar-refractivity contribution is -0.341. The largest absolute Gasteiger partial charge is 0.790 e. The fraction of sp³-hybridized carbons (Fsp3) is 0.368. The van der Waals surface area contributed by atoms with Gasteiger partial charge in [-0.25, -0.2) is 4.98 Å². The maximum absolute atomic E-state index is 12.8. The van der Waals surface area contributed by atoms with Gasteiger partial charge in [-0.15, -0.1) is 0 Å². The Morgan fingerprint density at radius 3 is 2.28 bits per heavy atom. The number of methoxy groups -OCH3 is 3. The molecule has 1 aromatic carbocycles. The van der Waals surface area contributed by atoms with Crippen LogP contribution in [0.3, 0.4) is 0 Å². The number of nitrogens with one attached hydrogen (secondary N) is 1. The molecule has 3 rings (SSSR count). The van der Waals surface area contributed by atoms with Crippen LogP contribution < -0.4 is 39.0 Å². The molecule has 1 amide bonds. The minimum atomic E-state index is -5.32. The number of amides is 1. The van der Waals surface area contributed by atoms with Crippen LogP contribution in [0.2, 0.25) is 0 Å². The molecule has 1 N–H and O–H groups in total. The quantitative estimate of drug-likeness (QED) is 0.556. The first kappa shape index (κ1) is 23.6. The molecule has 0 aliphatic carbocycles. The maximum Gasteiger partial charge on any atom is 0.273 e. The van der Waals surface area contributed by atoms with Crippen molar-refractivity contribution < 1.29 is 42.6 Å². The van der Waals surface area contributed by atoms with Crippen LogP contribution in [0.15, 0.2) is 24.3 Å². The fourth-order valence-electron chi connectivity index (χ4n) is 3.07. The minimum Gasteiger partial charge on any atom is -0.790 e. The Kier molecular flexibility index (Phi) is 6.51. The van der Waals surface area contributed by atoms with Crippen LogP contribution in [0.1, 0.15) is 13.8 Å². The summed E-state index contributed by atoms with van der Waals surface area (Å²) in [7, 11) is -0.885. The zero-order valence-electron chi connectivity index (χ0n) is 18.0. The topological polar surface area (TPSA) is 155 Å². The molecule has 0 bridgehead atoms. The number of aromatic nitrogens is 1. The van der Waals surface area contributed by atoms with Crippen molar-refractivity contribution in [2.75, 3.05) is 38.3 Å². The van der Waals surface area contributed by atoms with Gasteiger partial charge in [0, 0.05) is 17.8 Å². The van der Waals surface area contributed by atoms with Crippen molar-refractivity contribution in [3.05, 3.63) is 24.3 Å². The minimum absolute atomic E-state index is 0.0137. The van der Waals surface area contributed by atoms with Crippen molar-refractivity contribution in [1.29, 1.82) is 0 Å². The summed E-state index contributed by atoms with van der Waals surface area (Å²) < 4.78 is 36.9.